The highest BCUT2D eigenvalue weighted by atomic mass is 16.2. The lowest BCUT2D eigenvalue weighted by molar-refractivity contribution is 0.0697. The van der Waals surface area contributed by atoms with E-state index in [9.17, 15) is 9.59 Å². The van der Waals surface area contributed by atoms with Gasteiger partial charge in [-0.3, -0.25) is 9.78 Å². The first-order valence-corrected chi connectivity index (χ1v) is 8.87. The van der Waals surface area contributed by atoms with Gasteiger partial charge in [-0.2, -0.15) is 0 Å². The Morgan fingerprint density at radius 2 is 2.00 bits per heavy atom. The highest BCUT2D eigenvalue weighted by molar-refractivity contribution is 5.90. The molecular formula is C17H25N7O2. The van der Waals surface area contributed by atoms with Crippen molar-refractivity contribution in [2.45, 2.75) is 45.6 Å². The van der Waals surface area contributed by atoms with Gasteiger partial charge in [0, 0.05) is 43.9 Å². The van der Waals surface area contributed by atoms with Crippen LogP contribution in [-0.2, 0) is 0 Å². The fourth-order valence-electron chi connectivity index (χ4n) is 3.18. The van der Waals surface area contributed by atoms with Gasteiger partial charge in [0.25, 0.3) is 5.91 Å². The van der Waals surface area contributed by atoms with Crippen LogP contribution in [0.5, 0.6) is 0 Å². The first-order valence-electron chi connectivity index (χ1n) is 8.87. The molecule has 140 valence electrons. The first-order chi connectivity index (χ1) is 12.3. The summed E-state index contributed by atoms with van der Waals surface area (Å²) in [7, 11) is 1.75. The second kappa shape index (κ2) is 7.27. The zero-order chi connectivity index (χ0) is 18.8. The van der Waals surface area contributed by atoms with Crippen molar-refractivity contribution in [3.8, 4) is 0 Å². The minimum atomic E-state index is -0.475. The molecule has 9 heteroatoms. The van der Waals surface area contributed by atoms with Crippen LogP contribution in [-0.4, -0.2) is 62.1 Å². The van der Waals surface area contributed by atoms with Crippen molar-refractivity contribution in [2.75, 3.05) is 25.0 Å². The molecule has 0 aromatic carbocycles. The molecule has 1 fully saturated rings. The molecular weight excluding hydrogens is 334 g/mol. The summed E-state index contributed by atoms with van der Waals surface area (Å²) in [6, 6.07) is 2.11. The molecule has 0 aliphatic carbocycles. The summed E-state index contributed by atoms with van der Waals surface area (Å²) in [6.07, 6.45) is 1.66. The lowest BCUT2D eigenvalue weighted by Crippen LogP contribution is -2.46. The number of aryl methyl sites for hydroxylation is 1. The van der Waals surface area contributed by atoms with Gasteiger partial charge in [-0.25, -0.2) is 19.9 Å². The van der Waals surface area contributed by atoms with Crippen molar-refractivity contribution in [3.63, 3.8) is 0 Å². The van der Waals surface area contributed by atoms with E-state index in [0.717, 1.165) is 43.3 Å². The molecule has 3 heterocycles. The SMILES string of the molecule is Cc1cc(N2CCC(N(C)C(=O)c3n[nH]c(=O)[nH]3)CC2)nc(C(C)C)n1. The van der Waals surface area contributed by atoms with E-state index in [0.29, 0.717) is 0 Å². The summed E-state index contributed by atoms with van der Waals surface area (Å²) >= 11 is 0. The average Bonchev–Trinajstić information content (AvgIpc) is 3.06. The fourth-order valence-corrected chi connectivity index (χ4v) is 3.18. The Bertz CT molecular complexity index is 834. The van der Waals surface area contributed by atoms with Crippen LogP contribution >= 0.6 is 0 Å². The van der Waals surface area contributed by atoms with Crippen molar-refractivity contribution < 1.29 is 4.79 Å². The number of hydrogen-bond acceptors (Lipinski definition) is 6. The number of H-pyrrole nitrogens is 2. The van der Waals surface area contributed by atoms with Gasteiger partial charge in [-0.05, 0) is 19.8 Å². The summed E-state index contributed by atoms with van der Waals surface area (Å²) in [5.74, 6) is 1.86. The monoisotopic (exact) mass is 359 g/mol. The molecule has 1 aliphatic heterocycles. The highest BCUT2D eigenvalue weighted by Gasteiger charge is 2.28. The Labute approximate surface area is 151 Å². The van der Waals surface area contributed by atoms with Crippen LogP contribution in [0, 0.1) is 6.92 Å². The van der Waals surface area contributed by atoms with E-state index in [-0.39, 0.29) is 23.7 Å². The molecule has 0 saturated carbocycles. The van der Waals surface area contributed by atoms with E-state index in [1.165, 1.54) is 0 Å². The number of carbonyl (C=O) groups excluding carboxylic acids is 1. The smallest absolute Gasteiger partial charge is 0.341 e. The van der Waals surface area contributed by atoms with Gasteiger partial charge in [0.15, 0.2) is 0 Å². The van der Waals surface area contributed by atoms with Crippen LogP contribution in [0.25, 0.3) is 0 Å². The minimum absolute atomic E-state index is 0.0490. The molecule has 0 bridgehead atoms. The van der Waals surface area contributed by atoms with Crippen molar-refractivity contribution >= 4 is 11.7 Å². The predicted octanol–water partition coefficient (Wildman–Crippen LogP) is 1.06. The Kier molecular flexibility index (Phi) is 5.06. The molecule has 1 aliphatic rings. The van der Waals surface area contributed by atoms with Crippen molar-refractivity contribution in [1.29, 1.82) is 0 Å². The van der Waals surface area contributed by atoms with Gasteiger partial charge >= 0.3 is 5.69 Å². The summed E-state index contributed by atoms with van der Waals surface area (Å²) in [5, 5.41) is 5.94. The topological polar surface area (TPSA) is 111 Å². The summed E-state index contributed by atoms with van der Waals surface area (Å²) < 4.78 is 0. The van der Waals surface area contributed by atoms with E-state index < -0.39 is 5.69 Å². The molecule has 0 radical (unpaired) electrons. The quantitative estimate of drug-likeness (QED) is 0.844. The fraction of sp³-hybridized carbons (Fsp3) is 0.588. The molecule has 1 saturated heterocycles. The highest BCUT2D eigenvalue weighted by Crippen LogP contribution is 2.23. The van der Waals surface area contributed by atoms with E-state index in [1.54, 1.807) is 11.9 Å². The number of aromatic amines is 2. The Morgan fingerprint density at radius 1 is 1.31 bits per heavy atom. The van der Waals surface area contributed by atoms with Gasteiger partial charge in [0.2, 0.25) is 5.82 Å². The van der Waals surface area contributed by atoms with Gasteiger partial charge in [0.05, 0.1) is 0 Å². The molecule has 2 aromatic rings. The number of nitrogens with one attached hydrogen (secondary N) is 2. The first kappa shape index (κ1) is 18.1. The third-order valence-electron chi connectivity index (χ3n) is 4.73. The molecule has 2 N–H and O–H groups in total. The van der Waals surface area contributed by atoms with Crippen LogP contribution < -0.4 is 10.6 Å². The number of anilines is 1. The maximum atomic E-state index is 12.4. The van der Waals surface area contributed by atoms with Crippen molar-refractivity contribution in [3.05, 3.63) is 33.9 Å². The number of nitrogens with zero attached hydrogens (tertiary/aromatic N) is 5. The van der Waals surface area contributed by atoms with Gasteiger partial charge in [-0.15, -0.1) is 5.10 Å². The Balaban J connectivity index is 1.65. The number of aromatic nitrogens is 5. The summed E-state index contributed by atoms with van der Waals surface area (Å²) in [5.41, 5.74) is 0.493. The van der Waals surface area contributed by atoms with E-state index >= 15 is 0 Å². The third kappa shape index (κ3) is 3.76. The Hall–Kier alpha value is -2.71. The average molecular weight is 359 g/mol. The van der Waals surface area contributed by atoms with Gasteiger partial charge in [-0.1, -0.05) is 13.8 Å². The number of amides is 1. The minimum Gasteiger partial charge on any atom is -0.356 e. The zero-order valence-corrected chi connectivity index (χ0v) is 15.6. The van der Waals surface area contributed by atoms with E-state index in [2.05, 4.69) is 38.9 Å². The second-order valence-corrected chi connectivity index (χ2v) is 7.04. The van der Waals surface area contributed by atoms with E-state index in [1.807, 2.05) is 13.0 Å². The molecule has 3 rings (SSSR count). The number of carbonyl (C=O) groups is 1. The Morgan fingerprint density at radius 3 is 2.58 bits per heavy atom. The molecule has 1 amide bonds. The normalized spacial score (nSPS) is 15.5. The summed E-state index contributed by atoms with van der Waals surface area (Å²) in [6.45, 7) is 7.79. The van der Waals surface area contributed by atoms with Crippen molar-refractivity contribution in [2.24, 2.45) is 0 Å². The lowest BCUT2D eigenvalue weighted by atomic mass is 10.0. The maximum Gasteiger partial charge on any atom is 0.341 e. The molecule has 0 atom stereocenters. The molecule has 2 aromatic heterocycles. The van der Waals surface area contributed by atoms with Crippen molar-refractivity contribution in [1.82, 2.24) is 30.0 Å². The number of piperidine rings is 1. The largest absolute Gasteiger partial charge is 0.356 e. The molecule has 26 heavy (non-hydrogen) atoms. The van der Waals surface area contributed by atoms with Crippen LogP contribution in [0.3, 0.4) is 0 Å². The maximum absolute atomic E-state index is 12.4. The van der Waals surface area contributed by atoms with E-state index in [4.69, 9.17) is 4.98 Å². The molecule has 0 unspecified atom stereocenters. The summed E-state index contributed by atoms with van der Waals surface area (Å²) in [4.78, 5) is 39.1. The standard InChI is InChI=1S/C17H25N7O2/c1-10(2)14-18-11(3)9-13(19-14)24-7-5-12(6-8-24)23(4)16(25)15-20-17(26)22-21-15/h9-10,12H,5-8H2,1-4H3,(H2,20,21,22,26). The van der Waals surface area contributed by atoms with Crippen LogP contribution in [0.4, 0.5) is 5.82 Å². The predicted molar refractivity (Wildman–Crippen MR) is 97.4 cm³/mol. The number of rotatable bonds is 4. The molecule has 0 spiro atoms. The zero-order valence-electron chi connectivity index (χ0n) is 15.6. The lowest BCUT2D eigenvalue weighted by Gasteiger charge is -2.37. The van der Waals surface area contributed by atoms with Gasteiger partial charge in [0.1, 0.15) is 11.6 Å². The van der Waals surface area contributed by atoms with Crippen LogP contribution in [0.15, 0.2) is 10.9 Å². The van der Waals surface area contributed by atoms with Crippen LogP contribution in [0.1, 0.15) is 54.7 Å². The molecule has 9 nitrogen and oxygen atoms in total. The van der Waals surface area contributed by atoms with Gasteiger partial charge < -0.3 is 9.80 Å². The third-order valence-corrected chi connectivity index (χ3v) is 4.73. The number of hydrogen-bond donors (Lipinski definition) is 2. The second-order valence-electron chi connectivity index (χ2n) is 7.04. The van der Waals surface area contributed by atoms with Crippen LogP contribution in [0.2, 0.25) is 0 Å².